The lowest BCUT2D eigenvalue weighted by Crippen LogP contribution is -2.08. The minimum atomic E-state index is -0.214. The van der Waals surface area contributed by atoms with Gasteiger partial charge in [0.1, 0.15) is 0 Å². The molecule has 1 aromatic carbocycles. The molecule has 0 aliphatic heterocycles. The van der Waals surface area contributed by atoms with E-state index in [-0.39, 0.29) is 6.04 Å². The van der Waals surface area contributed by atoms with Gasteiger partial charge in [0.25, 0.3) is 0 Å². The fourth-order valence-electron chi connectivity index (χ4n) is 1.96. The lowest BCUT2D eigenvalue weighted by Gasteiger charge is -2.02. The van der Waals surface area contributed by atoms with E-state index in [0.29, 0.717) is 11.8 Å². The van der Waals surface area contributed by atoms with Crippen LogP contribution in [0.1, 0.15) is 25.3 Å². The minimum Gasteiger partial charge on any atom is -0.419 e. The zero-order valence-electron chi connectivity index (χ0n) is 10.6. The van der Waals surface area contributed by atoms with Gasteiger partial charge in [0.2, 0.25) is 11.8 Å². The molecule has 0 bridgehead atoms. The van der Waals surface area contributed by atoms with Crippen molar-refractivity contribution in [2.24, 2.45) is 5.73 Å². The summed E-state index contributed by atoms with van der Waals surface area (Å²) < 4.78 is 5.66. The van der Waals surface area contributed by atoms with Crippen LogP contribution in [0.3, 0.4) is 0 Å². The lowest BCUT2D eigenvalue weighted by molar-refractivity contribution is 0.453. The van der Waals surface area contributed by atoms with Crippen molar-refractivity contribution in [3.05, 3.63) is 42.4 Å². The summed E-state index contributed by atoms with van der Waals surface area (Å²) in [7, 11) is 0. The van der Waals surface area contributed by atoms with E-state index in [1.807, 2.05) is 37.3 Å². The van der Waals surface area contributed by atoms with Crippen LogP contribution in [-0.2, 0) is 0 Å². The quantitative estimate of drug-likeness (QED) is 0.777. The van der Waals surface area contributed by atoms with Crippen molar-refractivity contribution in [2.75, 3.05) is 0 Å². The van der Waals surface area contributed by atoms with Gasteiger partial charge < -0.3 is 10.2 Å². The maximum atomic E-state index is 5.89. The Balaban J connectivity index is 2.12. The normalized spacial score (nSPS) is 12.7. The number of aromatic nitrogens is 3. The highest BCUT2D eigenvalue weighted by Crippen LogP contribution is 2.27. The molecule has 3 aromatic rings. The molecule has 2 N–H and O–H groups in total. The van der Waals surface area contributed by atoms with Crippen LogP contribution in [0.25, 0.3) is 22.4 Å². The van der Waals surface area contributed by atoms with Gasteiger partial charge >= 0.3 is 0 Å². The average Bonchev–Trinajstić information content (AvgIpc) is 2.95. The second kappa shape index (κ2) is 4.78. The molecule has 0 radical (unpaired) electrons. The predicted octanol–water partition coefficient (Wildman–Crippen LogP) is 2.69. The Morgan fingerprint density at radius 3 is 2.95 bits per heavy atom. The summed E-state index contributed by atoms with van der Waals surface area (Å²) >= 11 is 0. The summed E-state index contributed by atoms with van der Waals surface area (Å²) in [5, 5.41) is 9.08. The van der Waals surface area contributed by atoms with Gasteiger partial charge in [-0.25, -0.2) is 0 Å². The number of hydrogen-bond acceptors (Lipinski definition) is 5. The lowest BCUT2D eigenvalue weighted by atomic mass is 10.1. The molecule has 2 heterocycles. The van der Waals surface area contributed by atoms with Gasteiger partial charge in [0, 0.05) is 17.1 Å². The van der Waals surface area contributed by atoms with Crippen molar-refractivity contribution >= 4 is 10.9 Å². The number of pyridine rings is 1. The van der Waals surface area contributed by atoms with Gasteiger partial charge in [-0.1, -0.05) is 19.1 Å². The smallest absolute Gasteiger partial charge is 0.248 e. The van der Waals surface area contributed by atoms with Crippen molar-refractivity contribution in [2.45, 2.75) is 19.4 Å². The molecule has 2 aromatic heterocycles. The largest absolute Gasteiger partial charge is 0.419 e. The maximum Gasteiger partial charge on any atom is 0.248 e. The van der Waals surface area contributed by atoms with E-state index < -0.39 is 0 Å². The Labute approximate surface area is 110 Å². The number of hydrogen-bond donors (Lipinski definition) is 1. The molecule has 1 unspecified atom stereocenters. The van der Waals surface area contributed by atoms with Crippen LogP contribution >= 0.6 is 0 Å². The van der Waals surface area contributed by atoms with Crippen molar-refractivity contribution < 1.29 is 4.42 Å². The predicted molar refractivity (Wildman–Crippen MR) is 72.3 cm³/mol. The molecule has 5 nitrogen and oxygen atoms in total. The molecule has 0 aliphatic rings. The van der Waals surface area contributed by atoms with Gasteiger partial charge in [-0.2, -0.15) is 0 Å². The second-order valence-corrected chi connectivity index (χ2v) is 4.34. The van der Waals surface area contributed by atoms with Gasteiger partial charge in [0.15, 0.2) is 0 Å². The number of nitrogens with zero attached hydrogens (tertiary/aromatic N) is 3. The Morgan fingerprint density at radius 1 is 1.21 bits per heavy atom. The molecular weight excluding hydrogens is 240 g/mol. The van der Waals surface area contributed by atoms with Crippen LogP contribution in [0.4, 0.5) is 0 Å². The summed E-state index contributed by atoms with van der Waals surface area (Å²) in [5.74, 6) is 0.955. The number of rotatable bonds is 3. The molecule has 0 amide bonds. The highest BCUT2D eigenvalue weighted by molar-refractivity contribution is 5.92. The standard InChI is InChI=1S/C14H14N4O/c1-2-11(15)14-18-17-13(19-14)10-5-3-7-12-9(10)6-4-8-16-12/h3-8,11H,2,15H2,1H3. The summed E-state index contributed by atoms with van der Waals surface area (Å²) in [6, 6.07) is 9.48. The van der Waals surface area contributed by atoms with Crippen LogP contribution in [0, 0.1) is 0 Å². The summed E-state index contributed by atoms with van der Waals surface area (Å²) in [6.45, 7) is 1.98. The van der Waals surface area contributed by atoms with Crippen LogP contribution in [0.5, 0.6) is 0 Å². The Hall–Kier alpha value is -2.27. The highest BCUT2D eigenvalue weighted by atomic mass is 16.4. The van der Waals surface area contributed by atoms with E-state index in [4.69, 9.17) is 10.2 Å². The molecular formula is C14H14N4O. The van der Waals surface area contributed by atoms with Crippen LogP contribution in [-0.4, -0.2) is 15.2 Å². The monoisotopic (exact) mass is 254 g/mol. The van der Waals surface area contributed by atoms with Crippen molar-refractivity contribution in [3.8, 4) is 11.5 Å². The van der Waals surface area contributed by atoms with Crippen molar-refractivity contribution in [3.63, 3.8) is 0 Å². The van der Waals surface area contributed by atoms with Crippen molar-refractivity contribution in [1.82, 2.24) is 15.2 Å². The molecule has 5 heteroatoms. The third-order valence-corrected chi connectivity index (χ3v) is 3.07. The number of nitrogens with two attached hydrogens (primary N) is 1. The van der Waals surface area contributed by atoms with Crippen LogP contribution in [0.2, 0.25) is 0 Å². The fraction of sp³-hybridized carbons (Fsp3) is 0.214. The van der Waals surface area contributed by atoms with E-state index in [9.17, 15) is 0 Å². The van der Waals surface area contributed by atoms with E-state index in [0.717, 1.165) is 22.9 Å². The molecule has 3 rings (SSSR count). The molecule has 0 saturated heterocycles. The second-order valence-electron chi connectivity index (χ2n) is 4.34. The maximum absolute atomic E-state index is 5.89. The third-order valence-electron chi connectivity index (χ3n) is 3.07. The molecule has 1 atom stereocenters. The van der Waals surface area contributed by atoms with Gasteiger partial charge in [-0.3, -0.25) is 4.98 Å². The average molecular weight is 254 g/mol. The first kappa shape index (κ1) is 11.8. The minimum absolute atomic E-state index is 0.214. The van der Waals surface area contributed by atoms with E-state index in [1.54, 1.807) is 6.20 Å². The van der Waals surface area contributed by atoms with Crippen LogP contribution in [0.15, 0.2) is 40.9 Å². The van der Waals surface area contributed by atoms with Crippen LogP contribution < -0.4 is 5.73 Å². The molecule has 0 spiro atoms. The van der Waals surface area contributed by atoms with Crippen molar-refractivity contribution in [1.29, 1.82) is 0 Å². The zero-order valence-corrected chi connectivity index (χ0v) is 10.6. The van der Waals surface area contributed by atoms with E-state index in [2.05, 4.69) is 15.2 Å². The number of fused-ring (bicyclic) bond motifs is 1. The van der Waals surface area contributed by atoms with E-state index >= 15 is 0 Å². The summed E-state index contributed by atoms with van der Waals surface area (Å²) in [5.41, 5.74) is 7.67. The topological polar surface area (TPSA) is 77.8 Å². The zero-order chi connectivity index (χ0) is 13.2. The fourth-order valence-corrected chi connectivity index (χ4v) is 1.96. The van der Waals surface area contributed by atoms with E-state index in [1.165, 1.54) is 0 Å². The first-order valence-corrected chi connectivity index (χ1v) is 6.22. The van der Waals surface area contributed by atoms with Gasteiger partial charge in [-0.15, -0.1) is 10.2 Å². The van der Waals surface area contributed by atoms with Gasteiger partial charge in [-0.05, 0) is 24.6 Å². The number of benzene rings is 1. The summed E-state index contributed by atoms with van der Waals surface area (Å²) in [6.07, 6.45) is 2.52. The first-order valence-electron chi connectivity index (χ1n) is 6.22. The Kier molecular flexibility index (Phi) is 2.97. The molecule has 96 valence electrons. The molecule has 0 aliphatic carbocycles. The third kappa shape index (κ3) is 2.08. The Morgan fingerprint density at radius 2 is 2.11 bits per heavy atom. The molecule has 0 fully saturated rings. The van der Waals surface area contributed by atoms with Gasteiger partial charge in [0.05, 0.1) is 11.6 Å². The SMILES string of the molecule is CCC(N)c1nnc(-c2cccc3ncccc23)o1. The molecule has 19 heavy (non-hydrogen) atoms. The summed E-state index contributed by atoms with van der Waals surface area (Å²) in [4.78, 5) is 4.31. The first-order chi connectivity index (χ1) is 9.29. The highest BCUT2D eigenvalue weighted by Gasteiger charge is 2.15. The Bertz CT molecular complexity index is 702. The molecule has 0 saturated carbocycles.